The molecule has 0 aromatic carbocycles. The normalized spacial score (nSPS) is 25.7. The van der Waals surface area contributed by atoms with Crippen LogP contribution < -0.4 is 0 Å². The van der Waals surface area contributed by atoms with E-state index in [0.717, 1.165) is 30.4 Å². The molecule has 128 valence electrons. The van der Waals surface area contributed by atoms with Crippen molar-refractivity contribution in [1.29, 1.82) is 0 Å². The predicted molar refractivity (Wildman–Crippen MR) is 91.3 cm³/mol. The molecule has 2 aliphatic rings. The molecular formula is C18H30N4O. The monoisotopic (exact) mass is 318 g/mol. The molecule has 3 rings (SSSR count). The molecular weight excluding hydrogens is 288 g/mol. The van der Waals surface area contributed by atoms with Crippen LogP contribution in [-0.4, -0.2) is 58.2 Å². The standard InChI is InChI=1S/C18H30N4O/c1-13(2)10-21-7-5-15-11-22(12-16(15)6-8-21)18(23)17-9-14(3)19-20(17)4/h9,13,15-16H,5-8,10-12H2,1-4H3/t15-,16+. The first-order valence-corrected chi connectivity index (χ1v) is 8.96. The van der Waals surface area contributed by atoms with E-state index in [4.69, 9.17) is 0 Å². The first-order chi connectivity index (χ1) is 10.9. The van der Waals surface area contributed by atoms with Gasteiger partial charge < -0.3 is 9.80 Å². The van der Waals surface area contributed by atoms with Crippen LogP contribution in [0.3, 0.4) is 0 Å². The van der Waals surface area contributed by atoms with Crippen LogP contribution in [0.2, 0.25) is 0 Å². The van der Waals surface area contributed by atoms with Gasteiger partial charge in [-0.3, -0.25) is 9.48 Å². The maximum absolute atomic E-state index is 12.8. The van der Waals surface area contributed by atoms with E-state index in [0.29, 0.717) is 11.8 Å². The highest BCUT2D eigenvalue weighted by atomic mass is 16.2. The second kappa shape index (κ2) is 6.63. The average molecular weight is 318 g/mol. The van der Waals surface area contributed by atoms with Gasteiger partial charge in [-0.2, -0.15) is 5.10 Å². The highest BCUT2D eigenvalue weighted by molar-refractivity contribution is 5.92. The second-order valence-electron chi connectivity index (χ2n) is 7.80. The van der Waals surface area contributed by atoms with Gasteiger partial charge in [-0.15, -0.1) is 0 Å². The molecule has 0 unspecified atom stereocenters. The molecule has 5 nitrogen and oxygen atoms in total. The van der Waals surface area contributed by atoms with E-state index in [1.54, 1.807) is 4.68 Å². The lowest BCUT2D eigenvalue weighted by Crippen LogP contribution is -2.33. The van der Waals surface area contributed by atoms with Crippen LogP contribution in [0.5, 0.6) is 0 Å². The minimum Gasteiger partial charge on any atom is -0.337 e. The summed E-state index contributed by atoms with van der Waals surface area (Å²) in [4.78, 5) is 17.4. The summed E-state index contributed by atoms with van der Waals surface area (Å²) >= 11 is 0. The molecule has 0 radical (unpaired) electrons. The van der Waals surface area contributed by atoms with Crippen LogP contribution >= 0.6 is 0 Å². The van der Waals surface area contributed by atoms with Gasteiger partial charge in [-0.05, 0) is 56.7 Å². The van der Waals surface area contributed by atoms with Crippen LogP contribution in [0.1, 0.15) is 42.9 Å². The van der Waals surface area contributed by atoms with E-state index < -0.39 is 0 Å². The smallest absolute Gasteiger partial charge is 0.272 e. The average Bonchev–Trinajstić information content (AvgIpc) is 2.98. The number of carbonyl (C=O) groups is 1. The van der Waals surface area contributed by atoms with Crippen LogP contribution in [0, 0.1) is 24.7 Å². The Labute approximate surface area is 139 Å². The van der Waals surface area contributed by atoms with Gasteiger partial charge in [0.25, 0.3) is 5.91 Å². The third kappa shape index (κ3) is 3.60. The van der Waals surface area contributed by atoms with Crippen molar-refractivity contribution in [2.75, 3.05) is 32.7 Å². The molecule has 23 heavy (non-hydrogen) atoms. The minimum absolute atomic E-state index is 0.153. The highest BCUT2D eigenvalue weighted by Crippen LogP contribution is 2.32. The number of aryl methyl sites for hydroxylation is 2. The van der Waals surface area contributed by atoms with Gasteiger partial charge in [0, 0.05) is 26.7 Å². The largest absolute Gasteiger partial charge is 0.337 e. The summed E-state index contributed by atoms with van der Waals surface area (Å²) in [7, 11) is 1.86. The van der Waals surface area contributed by atoms with Crippen molar-refractivity contribution in [3.05, 3.63) is 17.5 Å². The summed E-state index contributed by atoms with van der Waals surface area (Å²) in [5, 5.41) is 4.31. The quantitative estimate of drug-likeness (QED) is 0.858. The fourth-order valence-corrected chi connectivity index (χ4v) is 4.24. The Kier molecular flexibility index (Phi) is 4.76. The number of amides is 1. The highest BCUT2D eigenvalue weighted by Gasteiger charge is 2.37. The second-order valence-corrected chi connectivity index (χ2v) is 7.80. The van der Waals surface area contributed by atoms with Crippen LogP contribution in [0.25, 0.3) is 0 Å². The third-order valence-corrected chi connectivity index (χ3v) is 5.34. The molecule has 2 saturated heterocycles. The van der Waals surface area contributed by atoms with E-state index in [9.17, 15) is 4.79 Å². The van der Waals surface area contributed by atoms with Crippen LogP contribution in [0.15, 0.2) is 6.07 Å². The molecule has 0 saturated carbocycles. The maximum atomic E-state index is 12.8. The Morgan fingerprint density at radius 3 is 2.35 bits per heavy atom. The van der Waals surface area contributed by atoms with Crippen molar-refractivity contribution in [2.45, 2.75) is 33.6 Å². The van der Waals surface area contributed by atoms with Gasteiger partial charge in [-0.25, -0.2) is 0 Å². The zero-order chi connectivity index (χ0) is 16.6. The zero-order valence-electron chi connectivity index (χ0n) is 15.0. The molecule has 0 spiro atoms. The van der Waals surface area contributed by atoms with Crippen molar-refractivity contribution in [2.24, 2.45) is 24.8 Å². The van der Waals surface area contributed by atoms with Gasteiger partial charge in [0.1, 0.15) is 5.69 Å². The Morgan fingerprint density at radius 2 is 1.87 bits per heavy atom. The summed E-state index contributed by atoms with van der Waals surface area (Å²) in [6, 6.07) is 1.90. The van der Waals surface area contributed by atoms with Crippen molar-refractivity contribution in [3.63, 3.8) is 0 Å². The van der Waals surface area contributed by atoms with E-state index in [1.807, 2.05) is 20.0 Å². The Balaban J connectivity index is 1.61. The molecule has 2 aliphatic heterocycles. The van der Waals surface area contributed by atoms with Crippen molar-refractivity contribution >= 4 is 5.91 Å². The number of carbonyl (C=O) groups excluding carboxylic acids is 1. The maximum Gasteiger partial charge on any atom is 0.272 e. The van der Waals surface area contributed by atoms with Crippen LogP contribution in [0.4, 0.5) is 0 Å². The topological polar surface area (TPSA) is 41.4 Å². The van der Waals surface area contributed by atoms with Crippen molar-refractivity contribution in [3.8, 4) is 0 Å². The number of nitrogens with zero attached hydrogens (tertiary/aromatic N) is 4. The summed E-state index contributed by atoms with van der Waals surface area (Å²) < 4.78 is 1.72. The molecule has 2 fully saturated rings. The number of rotatable bonds is 3. The molecule has 0 aliphatic carbocycles. The first-order valence-electron chi connectivity index (χ1n) is 8.96. The van der Waals surface area contributed by atoms with E-state index >= 15 is 0 Å². The molecule has 1 amide bonds. The van der Waals surface area contributed by atoms with E-state index in [2.05, 4.69) is 28.7 Å². The van der Waals surface area contributed by atoms with E-state index in [-0.39, 0.29) is 5.91 Å². The molecule has 1 aromatic heterocycles. The van der Waals surface area contributed by atoms with E-state index in [1.165, 1.54) is 32.5 Å². The van der Waals surface area contributed by atoms with Crippen molar-refractivity contribution in [1.82, 2.24) is 19.6 Å². The fourth-order valence-electron chi connectivity index (χ4n) is 4.24. The molecule has 0 N–H and O–H groups in total. The Hall–Kier alpha value is -1.36. The zero-order valence-corrected chi connectivity index (χ0v) is 15.0. The number of fused-ring (bicyclic) bond motifs is 1. The molecule has 5 heteroatoms. The van der Waals surface area contributed by atoms with Crippen LogP contribution in [-0.2, 0) is 7.05 Å². The molecule has 1 aromatic rings. The summed E-state index contributed by atoms with van der Waals surface area (Å²) in [5.41, 5.74) is 1.63. The summed E-state index contributed by atoms with van der Waals surface area (Å²) in [5.74, 6) is 2.23. The number of likely N-dealkylation sites (tertiary alicyclic amines) is 2. The number of aromatic nitrogens is 2. The summed E-state index contributed by atoms with van der Waals surface area (Å²) in [6.45, 7) is 11.9. The fraction of sp³-hybridized carbons (Fsp3) is 0.778. The van der Waals surface area contributed by atoms with Gasteiger partial charge in [0.2, 0.25) is 0 Å². The van der Waals surface area contributed by atoms with Gasteiger partial charge in [0.15, 0.2) is 0 Å². The third-order valence-electron chi connectivity index (χ3n) is 5.34. The van der Waals surface area contributed by atoms with Gasteiger partial charge in [0.05, 0.1) is 5.69 Å². The Morgan fingerprint density at radius 1 is 1.26 bits per heavy atom. The number of hydrogen-bond acceptors (Lipinski definition) is 3. The minimum atomic E-state index is 0.153. The Bertz CT molecular complexity index is 549. The molecule has 3 heterocycles. The number of hydrogen-bond donors (Lipinski definition) is 0. The van der Waals surface area contributed by atoms with Crippen molar-refractivity contribution < 1.29 is 4.79 Å². The molecule has 2 atom stereocenters. The lowest BCUT2D eigenvalue weighted by molar-refractivity contribution is 0.0769. The first kappa shape index (κ1) is 16.5. The SMILES string of the molecule is Cc1cc(C(=O)N2C[C@H]3CCN(CC(C)C)CC[C@H]3C2)n(C)n1. The summed E-state index contributed by atoms with van der Waals surface area (Å²) in [6.07, 6.45) is 2.46. The lowest BCUT2D eigenvalue weighted by atomic mass is 9.92. The molecule has 0 bridgehead atoms. The van der Waals surface area contributed by atoms with Gasteiger partial charge >= 0.3 is 0 Å². The predicted octanol–water partition coefficient (Wildman–Crippen LogP) is 2.17. The van der Waals surface area contributed by atoms with Gasteiger partial charge in [-0.1, -0.05) is 13.8 Å². The lowest BCUT2D eigenvalue weighted by Gasteiger charge is -2.23.